The number of phenols is 1. The average Bonchev–Trinajstić information content (AvgIpc) is 2.47. The van der Waals surface area contributed by atoms with Gasteiger partial charge in [0.05, 0.1) is 10.5 Å². The van der Waals surface area contributed by atoms with E-state index in [9.17, 15) is 20.0 Å². The quantitative estimate of drug-likeness (QED) is 0.659. The molecule has 2 unspecified atom stereocenters. The van der Waals surface area contributed by atoms with Gasteiger partial charge in [-0.1, -0.05) is 32.3 Å². The van der Waals surface area contributed by atoms with Gasteiger partial charge in [-0.2, -0.15) is 0 Å². The fourth-order valence-corrected chi connectivity index (χ4v) is 2.99. The number of para-hydroxylation sites is 1. The molecule has 1 aliphatic carbocycles. The van der Waals surface area contributed by atoms with Crippen LogP contribution in [0, 0.1) is 16.0 Å². The summed E-state index contributed by atoms with van der Waals surface area (Å²) in [5, 5.41) is 23.6. The van der Waals surface area contributed by atoms with Crippen LogP contribution in [0.4, 0.5) is 5.69 Å². The van der Waals surface area contributed by atoms with E-state index in [0.29, 0.717) is 5.92 Å². The molecule has 6 heteroatoms. The normalized spacial score (nSPS) is 21.8. The van der Waals surface area contributed by atoms with E-state index in [1.54, 1.807) is 0 Å². The Morgan fingerprint density at radius 3 is 2.81 bits per heavy atom. The van der Waals surface area contributed by atoms with Gasteiger partial charge in [-0.25, -0.2) is 0 Å². The van der Waals surface area contributed by atoms with Crippen LogP contribution in [0.15, 0.2) is 18.2 Å². The SMILES string of the molecule is CCC1CCCCC1NC(=O)c1cccc([N+](=O)[O-])c1O. The van der Waals surface area contributed by atoms with Crippen LogP contribution >= 0.6 is 0 Å². The molecule has 21 heavy (non-hydrogen) atoms. The van der Waals surface area contributed by atoms with Crippen molar-refractivity contribution in [3.63, 3.8) is 0 Å². The van der Waals surface area contributed by atoms with Crippen LogP contribution in [0.3, 0.4) is 0 Å². The number of nitrogens with zero attached hydrogens (tertiary/aromatic N) is 1. The summed E-state index contributed by atoms with van der Waals surface area (Å²) in [5.41, 5.74) is -0.483. The first kappa shape index (κ1) is 15.3. The Bertz CT molecular complexity index is 544. The standard InChI is InChI=1S/C15H20N2O4/c1-2-10-6-3-4-8-12(10)16-15(19)11-7-5-9-13(14(11)18)17(20)21/h5,7,9-10,12,18H,2-4,6,8H2,1H3,(H,16,19). The summed E-state index contributed by atoms with van der Waals surface area (Å²) in [5.74, 6) is -0.575. The van der Waals surface area contributed by atoms with E-state index in [2.05, 4.69) is 12.2 Å². The van der Waals surface area contributed by atoms with Gasteiger partial charge in [0.15, 0.2) is 0 Å². The minimum absolute atomic E-state index is 0.0374. The molecular weight excluding hydrogens is 272 g/mol. The Labute approximate surface area is 123 Å². The summed E-state index contributed by atoms with van der Waals surface area (Å²) in [6.45, 7) is 2.10. The molecule has 6 nitrogen and oxygen atoms in total. The molecular formula is C15H20N2O4. The van der Waals surface area contributed by atoms with Crippen LogP contribution in [0.1, 0.15) is 49.4 Å². The third kappa shape index (κ3) is 3.32. The predicted molar refractivity (Wildman–Crippen MR) is 78.3 cm³/mol. The molecule has 1 amide bonds. The Morgan fingerprint density at radius 2 is 2.14 bits per heavy atom. The molecule has 1 saturated carbocycles. The van der Waals surface area contributed by atoms with E-state index in [1.165, 1.54) is 24.6 Å². The zero-order valence-corrected chi connectivity index (χ0v) is 12.0. The first-order valence-electron chi connectivity index (χ1n) is 7.31. The maximum absolute atomic E-state index is 12.3. The number of nitro groups is 1. The molecule has 2 N–H and O–H groups in total. The molecule has 1 aliphatic rings. The number of nitro benzene ring substituents is 1. The summed E-state index contributed by atoms with van der Waals surface area (Å²) in [6, 6.07) is 4.07. The molecule has 0 heterocycles. The summed E-state index contributed by atoms with van der Waals surface area (Å²) in [4.78, 5) is 22.4. The summed E-state index contributed by atoms with van der Waals surface area (Å²) >= 11 is 0. The lowest BCUT2D eigenvalue weighted by Crippen LogP contribution is -2.41. The average molecular weight is 292 g/mol. The second kappa shape index (κ2) is 6.56. The maximum Gasteiger partial charge on any atom is 0.311 e. The van der Waals surface area contributed by atoms with Gasteiger partial charge in [0.2, 0.25) is 5.75 Å². The number of amides is 1. The highest BCUT2D eigenvalue weighted by molar-refractivity contribution is 5.98. The lowest BCUT2D eigenvalue weighted by Gasteiger charge is -2.31. The highest BCUT2D eigenvalue weighted by atomic mass is 16.6. The molecule has 0 aromatic heterocycles. The van der Waals surface area contributed by atoms with Gasteiger partial charge in [-0.15, -0.1) is 0 Å². The Hall–Kier alpha value is -2.11. The zero-order valence-electron chi connectivity index (χ0n) is 12.0. The third-order valence-electron chi connectivity index (χ3n) is 4.21. The van der Waals surface area contributed by atoms with E-state index in [-0.39, 0.29) is 11.6 Å². The molecule has 0 aliphatic heterocycles. The first-order chi connectivity index (χ1) is 10.0. The molecule has 0 bridgehead atoms. The number of rotatable bonds is 4. The molecule has 0 spiro atoms. The minimum Gasteiger partial charge on any atom is -0.502 e. The topological polar surface area (TPSA) is 92.5 Å². The lowest BCUT2D eigenvalue weighted by atomic mass is 9.83. The van der Waals surface area contributed by atoms with Crippen molar-refractivity contribution in [2.75, 3.05) is 0 Å². The first-order valence-corrected chi connectivity index (χ1v) is 7.31. The van der Waals surface area contributed by atoms with Crippen LogP contribution in [0.5, 0.6) is 5.75 Å². The van der Waals surface area contributed by atoms with Gasteiger partial charge in [0, 0.05) is 12.1 Å². The number of phenolic OH excluding ortho intramolecular Hbond substituents is 1. The highest BCUT2D eigenvalue weighted by Gasteiger charge is 2.27. The smallest absolute Gasteiger partial charge is 0.311 e. The van der Waals surface area contributed by atoms with Crippen molar-refractivity contribution >= 4 is 11.6 Å². The van der Waals surface area contributed by atoms with Crippen molar-refractivity contribution in [2.24, 2.45) is 5.92 Å². The van der Waals surface area contributed by atoms with Gasteiger partial charge >= 0.3 is 5.69 Å². The van der Waals surface area contributed by atoms with Crippen molar-refractivity contribution in [3.8, 4) is 5.75 Å². The Kier molecular flexibility index (Phi) is 4.77. The number of aromatic hydroxyl groups is 1. The second-order valence-electron chi connectivity index (χ2n) is 5.46. The number of hydrogen-bond donors (Lipinski definition) is 2. The van der Waals surface area contributed by atoms with Crippen molar-refractivity contribution in [2.45, 2.75) is 45.1 Å². The van der Waals surface area contributed by atoms with E-state index in [0.717, 1.165) is 25.7 Å². The highest BCUT2D eigenvalue weighted by Crippen LogP contribution is 2.31. The molecule has 0 saturated heterocycles. The second-order valence-corrected chi connectivity index (χ2v) is 5.46. The number of carbonyl (C=O) groups excluding carboxylic acids is 1. The van der Waals surface area contributed by atoms with Crippen molar-refractivity contribution < 1.29 is 14.8 Å². The van der Waals surface area contributed by atoms with Crippen LogP contribution < -0.4 is 5.32 Å². The maximum atomic E-state index is 12.3. The van der Waals surface area contributed by atoms with Crippen LogP contribution in [-0.2, 0) is 0 Å². The minimum atomic E-state index is -0.693. The molecule has 0 radical (unpaired) electrons. The van der Waals surface area contributed by atoms with Gasteiger partial charge in [-0.05, 0) is 24.8 Å². The van der Waals surface area contributed by atoms with Crippen LogP contribution in [0.2, 0.25) is 0 Å². The van der Waals surface area contributed by atoms with E-state index in [1.807, 2.05) is 0 Å². The van der Waals surface area contributed by atoms with Gasteiger partial charge < -0.3 is 10.4 Å². The molecule has 2 atom stereocenters. The third-order valence-corrected chi connectivity index (χ3v) is 4.21. The summed E-state index contributed by atoms with van der Waals surface area (Å²) < 4.78 is 0. The molecule has 1 aromatic rings. The van der Waals surface area contributed by atoms with Crippen molar-refractivity contribution in [3.05, 3.63) is 33.9 Å². The fraction of sp³-hybridized carbons (Fsp3) is 0.533. The molecule has 114 valence electrons. The van der Waals surface area contributed by atoms with Gasteiger partial charge in [0.1, 0.15) is 0 Å². The lowest BCUT2D eigenvalue weighted by molar-refractivity contribution is -0.385. The van der Waals surface area contributed by atoms with E-state index >= 15 is 0 Å². The number of benzene rings is 1. The number of carbonyl (C=O) groups is 1. The Balaban J connectivity index is 2.17. The van der Waals surface area contributed by atoms with Gasteiger partial charge in [0.25, 0.3) is 5.91 Å². The van der Waals surface area contributed by atoms with Crippen molar-refractivity contribution in [1.29, 1.82) is 0 Å². The largest absolute Gasteiger partial charge is 0.502 e. The van der Waals surface area contributed by atoms with Crippen molar-refractivity contribution in [1.82, 2.24) is 5.32 Å². The van der Waals surface area contributed by atoms with E-state index < -0.39 is 22.3 Å². The molecule has 1 fully saturated rings. The van der Waals surface area contributed by atoms with Crippen LogP contribution in [0.25, 0.3) is 0 Å². The molecule has 1 aromatic carbocycles. The summed E-state index contributed by atoms with van der Waals surface area (Å²) in [6.07, 6.45) is 5.24. The fourth-order valence-electron chi connectivity index (χ4n) is 2.99. The van der Waals surface area contributed by atoms with Crippen LogP contribution in [-0.4, -0.2) is 22.0 Å². The number of nitrogens with one attached hydrogen (secondary N) is 1. The van der Waals surface area contributed by atoms with Gasteiger partial charge in [-0.3, -0.25) is 14.9 Å². The predicted octanol–water partition coefficient (Wildman–Crippen LogP) is 3.00. The Morgan fingerprint density at radius 1 is 1.43 bits per heavy atom. The summed E-state index contributed by atoms with van der Waals surface area (Å²) in [7, 11) is 0. The molecule has 2 rings (SSSR count). The zero-order chi connectivity index (χ0) is 15.4. The van der Waals surface area contributed by atoms with E-state index in [4.69, 9.17) is 0 Å². The monoisotopic (exact) mass is 292 g/mol. The number of hydrogen-bond acceptors (Lipinski definition) is 4.